The molecule has 8 heteroatoms. The number of halogens is 1. The van der Waals surface area contributed by atoms with E-state index in [0.717, 1.165) is 5.52 Å². The van der Waals surface area contributed by atoms with Crippen LogP contribution >= 0.6 is 11.6 Å². The molecule has 0 atom stereocenters. The van der Waals surface area contributed by atoms with Gasteiger partial charge in [0.25, 0.3) is 11.7 Å². The standard InChI is InChI=1S/C25H21ClN2O5/c1-31-17-8-9-20(22(14-17)33-3)27-25(30)24(29)23-18(13-16-6-4-5-11-28(16)23)15-7-10-21(32-2)19(26)12-15/h4-14H,1-3H3,(H,27,30). The van der Waals surface area contributed by atoms with Crippen LogP contribution < -0.4 is 19.5 Å². The van der Waals surface area contributed by atoms with Crippen molar-refractivity contribution < 1.29 is 23.8 Å². The first-order valence-electron chi connectivity index (χ1n) is 9.98. The van der Waals surface area contributed by atoms with Crippen molar-refractivity contribution in [3.8, 4) is 28.4 Å². The maximum Gasteiger partial charge on any atom is 0.298 e. The van der Waals surface area contributed by atoms with Crippen LogP contribution in [0.15, 0.2) is 66.9 Å². The Bertz CT molecular complexity index is 1360. The Morgan fingerprint density at radius 1 is 0.879 bits per heavy atom. The number of nitrogens with one attached hydrogen (secondary N) is 1. The Labute approximate surface area is 195 Å². The number of rotatable bonds is 7. The molecular formula is C25H21ClN2O5. The summed E-state index contributed by atoms with van der Waals surface area (Å²) in [7, 11) is 4.53. The third-order valence-electron chi connectivity index (χ3n) is 5.22. The van der Waals surface area contributed by atoms with Crippen molar-refractivity contribution in [1.29, 1.82) is 0 Å². The van der Waals surface area contributed by atoms with Gasteiger partial charge in [-0.1, -0.05) is 23.7 Å². The Balaban J connectivity index is 1.76. The number of methoxy groups -OCH3 is 3. The van der Waals surface area contributed by atoms with Gasteiger partial charge < -0.3 is 23.9 Å². The summed E-state index contributed by atoms with van der Waals surface area (Å²) < 4.78 is 17.4. The lowest BCUT2D eigenvalue weighted by atomic mass is 10.0. The first kappa shape index (κ1) is 22.2. The van der Waals surface area contributed by atoms with Gasteiger partial charge in [0.2, 0.25) is 0 Å². The number of anilines is 1. The minimum Gasteiger partial charge on any atom is -0.497 e. The summed E-state index contributed by atoms with van der Waals surface area (Å²) in [6.07, 6.45) is 1.73. The molecule has 0 radical (unpaired) electrons. The molecule has 168 valence electrons. The second kappa shape index (κ2) is 9.26. The second-order valence-corrected chi connectivity index (χ2v) is 7.51. The molecule has 0 bridgehead atoms. The fourth-order valence-electron chi connectivity index (χ4n) is 3.60. The summed E-state index contributed by atoms with van der Waals surface area (Å²) in [5.74, 6) is -0.0595. The van der Waals surface area contributed by atoms with Crippen LogP contribution in [0.5, 0.6) is 17.2 Å². The number of aromatic nitrogens is 1. The van der Waals surface area contributed by atoms with E-state index in [9.17, 15) is 9.59 Å². The number of nitrogens with zero attached hydrogens (tertiary/aromatic N) is 1. The quantitative estimate of drug-likeness (QED) is 0.304. The van der Waals surface area contributed by atoms with E-state index in [2.05, 4.69) is 5.32 Å². The third kappa shape index (κ3) is 4.23. The zero-order valence-electron chi connectivity index (χ0n) is 18.2. The van der Waals surface area contributed by atoms with Crippen LogP contribution in [0.4, 0.5) is 5.69 Å². The molecule has 0 aliphatic heterocycles. The molecule has 2 aromatic heterocycles. The minimum atomic E-state index is -0.803. The molecule has 0 spiro atoms. The molecule has 0 aliphatic carbocycles. The van der Waals surface area contributed by atoms with E-state index in [1.54, 1.807) is 53.1 Å². The Kier molecular flexibility index (Phi) is 6.24. The number of amides is 1. The molecule has 4 aromatic rings. The van der Waals surface area contributed by atoms with Crippen LogP contribution in [0, 0.1) is 0 Å². The molecule has 0 aliphatic rings. The topological polar surface area (TPSA) is 78.3 Å². The van der Waals surface area contributed by atoms with Crippen molar-refractivity contribution in [3.63, 3.8) is 0 Å². The van der Waals surface area contributed by atoms with Crippen LogP contribution in [0.25, 0.3) is 16.6 Å². The van der Waals surface area contributed by atoms with Gasteiger partial charge in [-0.3, -0.25) is 9.59 Å². The van der Waals surface area contributed by atoms with E-state index in [1.807, 2.05) is 18.2 Å². The minimum absolute atomic E-state index is 0.219. The summed E-state index contributed by atoms with van der Waals surface area (Å²) in [5, 5.41) is 3.04. The van der Waals surface area contributed by atoms with Gasteiger partial charge in [0.1, 0.15) is 22.9 Å². The Morgan fingerprint density at radius 3 is 2.36 bits per heavy atom. The van der Waals surface area contributed by atoms with Gasteiger partial charge in [-0.15, -0.1) is 0 Å². The largest absolute Gasteiger partial charge is 0.497 e. The van der Waals surface area contributed by atoms with Gasteiger partial charge in [0.05, 0.1) is 32.0 Å². The number of Topliss-reactive ketones (excluding diaryl/α,β-unsaturated/α-hetero) is 1. The summed E-state index contributed by atoms with van der Waals surface area (Å²) in [5.41, 5.74) is 2.59. The van der Waals surface area contributed by atoms with E-state index in [4.69, 9.17) is 25.8 Å². The zero-order chi connectivity index (χ0) is 23.5. The lowest BCUT2D eigenvalue weighted by Crippen LogP contribution is -2.25. The van der Waals surface area contributed by atoms with Gasteiger partial charge in [0.15, 0.2) is 0 Å². The van der Waals surface area contributed by atoms with Crippen LogP contribution in [0.3, 0.4) is 0 Å². The van der Waals surface area contributed by atoms with Gasteiger partial charge in [-0.05, 0) is 48.0 Å². The smallest absolute Gasteiger partial charge is 0.298 e. The summed E-state index contributed by atoms with van der Waals surface area (Å²) in [4.78, 5) is 26.4. The van der Waals surface area contributed by atoms with Crippen LogP contribution in [-0.4, -0.2) is 37.4 Å². The summed E-state index contributed by atoms with van der Waals surface area (Å²) in [6.45, 7) is 0. The van der Waals surface area contributed by atoms with Crippen molar-refractivity contribution in [2.75, 3.05) is 26.6 Å². The average molecular weight is 465 g/mol. The fraction of sp³-hybridized carbons (Fsp3) is 0.120. The van der Waals surface area contributed by atoms with E-state index >= 15 is 0 Å². The van der Waals surface area contributed by atoms with Gasteiger partial charge in [0, 0.05) is 23.3 Å². The lowest BCUT2D eigenvalue weighted by Gasteiger charge is -2.12. The normalized spacial score (nSPS) is 10.7. The van der Waals surface area contributed by atoms with Crippen molar-refractivity contribution in [2.24, 2.45) is 0 Å². The summed E-state index contributed by atoms with van der Waals surface area (Å²) >= 11 is 6.32. The molecule has 1 amide bonds. The molecular weight excluding hydrogens is 444 g/mol. The van der Waals surface area contributed by atoms with Crippen LogP contribution in [0.1, 0.15) is 10.5 Å². The third-order valence-corrected chi connectivity index (χ3v) is 5.52. The number of carbonyl (C=O) groups excluding carboxylic acids is 2. The molecule has 2 aromatic carbocycles. The first-order chi connectivity index (χ1) is 16.0. The van der Waals surface area contributed by atoms with Gasteiger partial charge in [-0.25, -0.2) is 0 Å². The van der Waals surface area contributed by atoms with E-state index in [1.165, 1.54) is 21.3 Å². The van der Waals surface area contributed by atoms with Gasteiger partial charge in [-0.2, -0.15) is 0 Å². The SMILES string of the molecule is COc1ccc(NC(=O)C(=O)c2c(-c3ccc(OC)c(Cl)c3)cc3ccccn23)c(OC)c1. The first-order valence-corrected chi connectivity index (χ1v) is 10.4. The van der Waals surface area contributed by atoms with E-state index < -0.39 is 11.7 Å². The molecule has 7 nitrogen and oxygen atoms in total. The number of fused-ring (bicyclic) bond motifs is 1. The maximum atomic E-state index is 13.4. The number of ketones is 1. The number of benzene rings is 2. The highest BCUT2D eigenvalue weighted by Gasteiger charge is 2.26. The maximum absolute atomic E-state index is 13.4. The molecule has 0 fully saturated rings. The monoisotopic (exact) mass is 464 g/mol. The number of ether oxygens (including phenoxy) is 3. The summed E-state index contributed by atoms with van der Waals surface area (Å²) in [6, 6.07) is 17.5. The van der Waals surface area contributed by atoms with E-state index in [0.29, 0.717) is 39.1 Å². The molecule has 33 heavy (non-hydrogen) atoms. The molecule has 0 saturated heterocycles. The van der Waals surface area contributed by atoms with Crippen LogP contribution in [0.2, 0.25) is 5.02 Å². The van der Waals surface area contributed by atoms with E-state index in [-0.39, 0.29) is 5.69 Å². The fourth-order valence-corrected chi connectivity index (χ4v) is 3.86. The van der Waals surface area contributed by atoms with Gasteiger partial charge >= 0.3 is 0 Å². The van der Waals surface area contributed by atoms with Crippen molar-refractivity contribution in [2.45, 2.75) is 0 Å². The number of hydrogen-bond acceptors (Lipinski definition) is 5. The number of pyridine rings is 1. The zero-order valence-corrected chi connectivity index (χ0v) is 19.0. The van der Waals surface area contributed by atoms with Crippen molar-refractivity contribution >= 4 is 34.5 Å². The Hall–Kier alpha value is -3.97. The molecule has 4 rings (SSSR count). The molecule has 0 saturated carbocycles. The predicted molar refractivity (Wildman–Crippen MR) is 127 cm³/mol. The molecule has 1 N–H and O–H groups in total. The lowest BCUT2D eigenvalue weighted by molar-refractivity contribution is -0.112. The van der Waals surface area contributed by atoms with Crippen LogP contribution in [-0.2, 0) is 4.79 Å². The molecule has 0 unspecified atom stereocenters. The highest BCUT2D eigenvalue weighted by Crippen LogP contribution is 2.34. The number of hydrogen-bond donors (Lipinski definition) is 1. The number of carbonyl (C=O) groups is 2. The highest BCUT2D eigenvalue weighted by atomic mass is 35.5. The molecule has 2 heterocycles. The Morgan fingerprint density at radius 2 is 1.67 bits per heavy atom. The van der Waals surface area contributed by atoms with Crippen molar-refractivity contribution in [3.05, 3.63) is 77.6 Å². The predicted octanol–water partition coefficient (Wildman–Crippen LogP) is 5.11. The highest BCUT2D eigenvalue weighted by molar-refractivity contribution is 6.47. The average Bonchev–Trinajstić information content (AvgIpc) is 3.23. The second-order valence-electron chi connectivity index (χ2n) is 7.10. The van der Waals surface area contributed by atoms with Crippen molar-refractivity contribution in [1.82, 2.24) is 4.40 Å².